The minimum atomic E-state index is 0.0429. The van der Waals surface area contributed by atoms with Gasteiger partial charge < -0.3 is 9.30 Å². The van der Waals surface area contributed by atoms with Gasteiger partial charge >= 0.3 is 0 Å². The average molecular weight is 329 g/mol. The van der Waals surface area contributed by atoms with Crippen LogP contribution < -0.4 is 0 Å². The number of aryl methyl sites for hydroxylation is 1. The zero-order valence-electron chi connectivity index (χ0n) is 13.5. The summed E-state index contributed by atoms with van der Waals surface area (Å²) in [5.41, 5.74) is 3.21. The van der Waals surface area contributed by atoms with Crippen molar-refractivity contribution in [1.29, 1.82) is 5.26 Å². The number of thioether (sulfide) groups is 1. The first-order valence-corrected chi connectivity index (χ1v) is 8.23. The quantitative estimate of drug-likeness (QED) is 0.577. The first-order valence-electron chi connectivity index (χ1n) is 7.25. The monoisotopic (exact) mass is 329 g/mol. The summed E-state index contributed by atoms with van der Waals surface area (Å²) in [6.07, 6.45) is 1.63. The average Bonchev–Trinajstić information content (AvgIpc) is 2.85. The van der Waals surface area contributed by atoms with E-state index in [4.69, 9.17) is 10.00 Å². The molecule has 0 atom stereocenters. The van der Waals surface area contributed by atoms with Gasteiger partial charge in [0, 0.05) is 36.8 Å². The highest BCUT2D eigenvalue weighted by molar-refractivity contribution is 8.00. The molecule has 2 rings (SSSR count). The van der Waals surface area contributed by atoms with Gasteiger partial charge in [-0.2, -0.15) is 5.26 Å². The van der Waals surface area contributed by atoms with E-state index in [1.807, 2.05) is 19.9 Å². The normalized spacial score (nSPS) is 10.5. The van der Waals surface area contributed by atoms with Crippen LogP contribution in [0.15, 0.2) is 29.4 Å². The Bertz CT molecular complexity index is 747. The van der Waals surface area contributed by atoms with Crippen molar-refractivity contribution in [1.82, 2.24) is 9.55 Å². The van der Waals surface area contributed by atoms with Crippen LogP contribution in [0.4, 0.5) is 0 Å². The molecular weight excluding hydrogens is 310 g/mol. The molecule has 0 unspecified atom stereocenters. The molecule has 0 fully saturated rings. The molecular formula is C17H19N3O2S. The molecule has 0 radical (unpaired) electrons. The van der Waals surface area contributed by atoms with Gasteiger partial charge in [0.15, 0.2) is 5.78 Å². The predicted molar refractivity (Wildman–Crippen MR) is 89.8 cm³/mol. The number of carbonyl (C=O) groups excluding carboxylic acids is 1. The first-order chi connectivity index (χ1) is 11.1. The first kappa shape index (κ1) is 17.3. The number of nitriles is 1. The van der Waals surface area contributed by atoms with E-state index in [0.29, 0.717) is 17.2 Å². The van der Waals surface area contributed by atoms with Crippen LogP contribution in [-0.4, -0.2) is 34.8 Å². The smallest absolute Gasteiger partial charge is 0.174 e. The van der Waals surface area contributed by atoms with Crippen molar-refractivity contribution in [2.45, 2.75) is 25.4 Å². The summed E-state index contributed by atoms with van der Waals surface area (Å²) >= 11 is 1.30. The summed E-state index contributed by atoms with van der Waals surface area (Å²) in [5.74, 6) is 0.307. The number of hydrogen-bond acceptors (Lipinski definition) is 5. The number of pyridine rings is 1. The highest BCUT2D eigenvalue weighted by Crippen LogP contribution is 2.22. The molecule has 0 bridgehead atoms. The lowest BCUT2D eigenvalue weighted by atomic mass is 10.2. The zero-order chi connectivity index (χ0) is 16.8. The van der Waals surface area contributed by atoms with E-state index >= 15 is 0 Å². The van der Waals surface area contributed by atoms with Crippen molar-refractivity contribution < 1.29 is 9.53 Å². The summed E-state index contributed by atoms with van der Waals surface area (Å²) < 4.78 is 7.19. The summed E-state index contributed by atoms with van der Waals surface area (Å²) in [7, 11) is 1.66. The van der Waals surface area contributed by atoms with Gasteiger partial charge in [-0.3, -0.25) is 4.79 Å². The van der Waals surface area contributed by atoms with Crippen molar-refractivity contribution in [2.24, 2.45) is 0 Å². The number of aromatic nitrogens is 2. The van der Waals surface area contributed by atoms with Crippen molar-refractivity contribution in [3.05, 3.63) is 46.9 Å². The van der Waals surface area contributed by atoms with E-state index in [1.54, 1.807) is 25.4 Å². The molecule has 0 saturated heterocycles. The molecule has 0 amide bonds. The minimum absolute atomic E-state index is 0.0429. The van der Waals surface area contributed by atoms with Crippen LogP contribution in [0.2, 0.25) is 0 Å². The molecule has 0 saturated carbocycles. The molecule has 0 N–H and O–H groups in total. The van der Waals surface area contributed by atoms with E-state index in [9.17, 15) is 4.79 Å². The number of hydrogen-bond donors (Lipinski definition) is 0. The number of Topliss-reactive ketones (excluding diaryl/α,β-unsaturated/α-hetero) is 1. The summed E-state index contributed by atoms with van der Waals surface area (Å²) in [4.78, 5) is 16.7. The highest BCUT2D eigenvalue weighted by atomic mass is 32.2. The fourth-order valence-electron chi connectivity index (χ4n) is 2.41. The Kier molecular flexibility index (Phi) is 5.97. The van der Waals surface area contributed by atoms with Gasteiger partial charge in [-0.1, -0.05) is 11.8 Å². The van der Waals surface area contributed by atoms with Crippen LogP contribution in [0.3, 0.4) is 0 Å². The number of methoxy groups -OCH3 is 1. The molecule has 2 heterocycles. The van der Waals surface area contributed by atoms with Crippen LogP contribution in [0.5, 0.6) is 0 Å². The Morgan fingerprint density at radius 2 is 2.26 bits per heavy atom. The molecule has 0 aliphatic carbocycles. The highest BCUT2D eigenvalue weighted by Gasteiger charge is 2.16. The summed E-state index contributed by atoms with van der Waals surface area (Å²) in [6.45, 7) is 5.27. The lowest BCUT2D eigenvalue weighted by Crippen LogP contribution is -2.09. The van der Waals surface area contributed by atoms with Gasteiger partial charge in [0.05, 0.1) is 17.9 Å². The van der Waals surface area contributed by atoms with E-state index in [-0.39, 0.29) is 11.5 Å². The van der Waals surface area contributed by atoms with Crippen molar-refractivity contribution in [3.63, 3.8) is 0 Å². The maximum Gasteiger partial charge on any atom is 0.174 e. The van der Waals surface area contributed by atoms with E-state index < -0.39 is 0 Å². The van der Waals surface area contributed by atoms with Gasteiger partial charge in [0.2, 0.25) is 0 Å². The van der Waals surface area contributed by atoms with Gasteiger partial charge in [-0.05, 0) is 32.0 Å². The predicted octanol–water partition coefficient (Wildman–Crippen LogP) is 2.99. The van der Waals surface area contributed by atoms with Gasteiger partial charge in [-0.15, -0.1) is 0 Å². The van der Waals surface area contributed by atoms with Gasteiger partial charge in [0.1, 0.15) is 11.1 Å². The van der Waals surface area contributed by atoms with Gasteiger partial charge in [0.25, 0.3) is 0 Å². The number of rotatable bonds is 7. The molecule has 0 aliphatic heterocycles. The second kappa shape index (κ2) is 7.95. The Morgan fingerprint density at radius 1 is 1.48 bits per heavy atom. The number of nitrogens with zero attached hydrogens (tertiary/aromatic N) is 3. The summed E-state index contributed by atoms with van der Waals surface area (Å²) in [6, 6.07) is 7.43. The fourth-order valence-corrected chi connectivity index (χ4v) is 3.24. The molecule has 0 aromatic carbocycles. The Labute approximate surface area is 140 Å². The standard InChI is InChI=1S/C17H19N3O2S/c1-12-9-15(13(2)20(12)7-8-22-3)16(21)11-23-17-14(10-18)5-4-6-19-17/h4-6,9H,7-8,11H2,1-3H3. The fraction of sp³-hybridized carbons (Fsp3) is 0.353. The molecule has 23 heavy (non-hydrogen) atoms. The Balaban J connectivity index is 2.11. The van der Waals surface area contributed by atoms with Crippen LogP contribution in [0, 0.1) is 25.2 Å². The third kappa shape index (κ3) is 4.01. The molecule has 5 nitrogen and oxygen atoms in total. The topological polar surface area (TPSA) is 67.9 Å². The zero-order valence-corrected chi connectivity index (χ0v) is 14.3. The van der Waals surface area contributed by atoms with E-state index in [1.165, 1.54) is 11.8 Å². The van der Waals surface area contributed by atoms with Crippen LogP contribution in [-0.2, 0) is 11.3 Å². The molecule has 6 heteroatoms. The maximum atomic E-state index is 12.5. The second-order valence-corrected chi connectivity index (χ2v) is 6.07. The van der Waals surface area contributed by atoms with E-state index in [0.717, 1.165) is 23.5 Å². The molecule has 0 spiro atoms. The second-order valence-electron chi connectivity index (χ2n) is 5.11. The lowest BCUT2D eigenvalue weighted by molar-refractivity contribution is 0.102. The van der Waals surface area contributed by atoms with Crippen molar-refractivity contribution in [2.75, 3.05) is 19.5 Å². The number of ether oxygens (including phenoxy) is 1. The third-order valence-corrected chi connectivity index (χ3v) is 4.63. The Hall–Kier alpha value is -2.10. The number of carbonyl (C=O) groups is 1. The summed E-state index contributed by atoms with van der Waals surface area (Å²) in [5, 5.41) is 9.66. The van der Waals surface area contributed by atoms with Crippen LogP contribution in [0.25, 0.3) is 0 Å². The Morgan fingerprint density at radius 3 is 2.96 bits per heavy atom. The van der Waals surface area contributed by atoms with Crippen LogP contribution >= 0.6 is 11.8 Å². The van der Waals surface area contributed by atoms with E-state index in [2.05, 4.69) is 15.6 Å². The third-order valence-electron chi connectivity index (χ3n) is 3.62. The largest absolute Gasteiger partial charge is 0.383 e. The van der Waals surface area contributed by atoms with Crippen molar-refractivity contribution >= 4 is 17.5 Å². The van der Waals surface area contributed by atoms with Gasteiger partial charge in [-0.25, -0.2) is 4.98 Å². The number of ketones is 1. The lowest BCUT2D eigenvalue weighted by Gasteiger charge is -2.08. The van der Waals surface area contributed by atoms with Crippen LogP contribution in [0.1, 0.15) is 27.3 Å². The van der Waals surface area contributed by atoms with Crippen molar-refractivity contribution in [3.8, 4) is 6.07 Å². The minimum Gasteiger partial charge on any atom is -0.383 e. The molecule has 120 valence electrons. The molecule has 2 aromatic heterocycles. The maximum absolute atomic E-state index is 12.5. The SMILES string of the molecule is COCCn1c(C)cc(C(=O)CSc2ncccc2C#N)c1C. The molecule has 2 aromatic rings. The molecule has 0 aliphatic rings.